The van der Waals surface area contributed by atoms with Crippen LogP contribution >= 0.6 is 0 Å². The minimum atomic E-state index is 0.606. The highest BCUT2D eigenvalue weighted by molar-refractivity contribution is 5.51. The predicted molar refractivity (Wildman–Crippen MR) is 58.2 cm³/mol. The highest BCUT2D eigenvalue weighted by Gasteiger charge is 2.13. The molecule has 1 aromatic rings. The molecule has 76 valence electrons. The Balaban J connectivity index is 2.20. The molecule has 2 heterocycles. The van der Waals surface area contributed by atoms with Crippen molar-refractivity contribution in [3.05, 3.63) is 24.0 Å². The van der Waals surface area contributed by atoms with E-state index >= 15 is 0 Å². The van der Waals surface area contributed by atoms with Crippen molar-refractivity contribution < 1.29 is 0 Å². The molecule has 3 heteroatoms. The van der Waals surface area contributed by atoms with Gasteiger partial charge in [-0.2, -0.15) is 0 Å². The first-order valence-corrected chi connectivity index (χ1v) is 5.29. The molecule has 2 rings (SSSR count). The zero-order valence-electron chi connectivity index (χ0n) is 8.45. The molecule has 3 nitrogen and oxygen atoms in total. The van der Waals surface area contributed by atoms with Gasteiger partial charge in [0.1, 0.15) is 0 Å². The van der Waals surface area contributed by atoms with Crippen LogP contribution in [0.5, 0.6) is 0 Å². The molecule has 0 amide bonds. The molecule has 0 unspecified atom stereocenters. The van der Waals surface area contributed by atoms with E-state index in [0.29, 0.717) is 6.54 Å². The molecule has 0 radical (unpaired) electrons. The lowest BCUT2D eigenvalue weighted by atomic mass is 10.1. The van der Waals surface area contributed by atoms with Gasteiger partial charge < -0.3 is 10.6 Å². The number of rotatable bonds is 2. The van der Waals surface area contributed by atoms with E-state index in [0.717, 1.165) is 13.1 Å². The SMILES string of the molecule is NCc1ccncc1N1CCCCC1. The average Bonchev–Trinajstić information content (AvgIpc) is 2.30. The number of anilines is 1. The summed E-state index contributed by atoms with van der Waals surface area (Å²) in [7, 11) is 0. The summed E-state index contributed by atoms with van der Waals surface area (Å²) in [6.45, 7) is 2.91. The third-order valence-corrected chi connectivity index (χ3v) is 2.80. The van der Waals surface area contributed by atoms with E-state index in [1.165, 1.54) is 30.5 Å². The second-order valence-corrected chi connectivity index (χ2v) is 3.76. The van der Waals surface area contributed by atoms with Crippen molar-refractivity contribution in [2.45, 2.75) is 25.8 Å². The fraction of sp³-hybridized carbons (Fsp3) is 0.545. The van der Waals surface area contributed by atoms with Crippen LogP contribution in [-0.4, -0.2) is 18.1 Å². The highest BCUT2D eigenvalue weighted by Crippen LogP contribution is 2.22. The van der Waals surface area contributed by atoms with Gasteiger partial charge in [0.15, 0.2) is 0 Å². The van der Waals surface area contributed by atoms with Crippen molar-refractivity contribution in [2.24, 2.45) is 5.73 Å². The maximum absolute atomic E-state index is 5.70. The maximum Gasteiger partial charge on any atom is 0.0598 e. The van der Waals surface area contributed by atoms with Crippen LogP contribution < -0.4 is 10.6 Å². The summed E-state index contributed by atoms with van der Waals surface area (Å²) in [4.78, 5) is 6.57. The number of nitrogens with zero attached hydrogens (tertiary/aromatic N) is 2. The van der Waals surface area contributed by atoms with Gasteiger partial charge in [-0.05, 0) is 30.9 Å². The smallest absolute Gasteiger partial charge is 0.0598 e. The van der Waals surface area contributed by atoms with Crippen LogP contribution in [0.4, 0.5) is 5.69 Å². The van der Waals surface area contributed by atoms with Crippen molar-refractivity contribution in [3.8, 4) is 0 Å². The first-order chi connectivity index (χ1) is 6.92. The Morgan fingerprint density at radius 3 is 2.79 bits per heavy atom. The van der Waals surface area contributed by atoms with Crippen LogP contribution in [0, 0.1) is 0 Å². The van der Waals surface area contributed by atoms with Gasteiger partial charge >= 0.3 is 0 Å². The number of hydrogen-bond acceptors (Lipinski definition) is 3. The number of piperidine rings is 1. The molecule has 1 aliphatic heterocycles. The molecule has 0 bridgehead atoms. The van der Waals surface area contributed by atoms with Crippen molar-refractivity contribution >= 4 is 5.69 Å². The first kappa shape index (κ1) is 9.46. The molecule has 0 atom stereocenters. The lowest BCUT2D eigenvalue weighted by Gasteiger charge is -2.29. The molecule has 0 saturated carbocycles. The quantitative estimate of drug-likeness (QED) is 0.771. The van der Waals surface area contributed by atoms with Gasteiger partial charge in [-0.25, -0.2) is 0 Å². The van der Waals surface area contributed by atoms with Crippen molar-refractivity contribution in [3.63, 3.8) is 0 Å². The summed E-state index contributed by atoms with van der Waals surface area (Å²) in [5, 5.41) is 0. The van der Waals surface area contributed by atoms with Crippen molar-refractivity contribution in [2.75, 3.05) is 18.0 Å². The topological polar surface area (TPSA) is 42.1 Å². The molecule has 1 fully saturated rings. The third kappa shape index (κ3) is 1.87. The minimum absolute atomic E-state index is 0.606. The fourth-order valence-corrected chi connectivity index (χ4v) is 2.01. The van der Waals surface area contributed by atoms with Gasteiger partial charge in [0.25, 0.3) is 0 Å². The Morgan fingerprint density at radius 1 is 1.29 bits per heavy atom. The Kier molecular flexibility index (Phi) is 2.99. The Morgan fingerprint density at radius 2 is 2.07 bits per heavy atom. The Bertz CT molecular complexity index is 292. The second-order valence-electron chi connectivity index (χ2n) is 3.76. The number of aromatic nitrogens is 1. The summed E-state index contributed by atoms with van der Waals surface area (Å²) in [5.41, 5.74) is 8.14. The maximum atomic E-state index is 5.70. The van der Waals surface area contributed by atoms with Crippen molar-refractivity contribution in [1.29, 1.82) is 0 Å². The Hall–Kier alpha value is -1.09. The van der Waals surface area contributed by atoms with Gasteiger partial charge in [0, 0.05) is 25.8 Å². The molecule has 1 aromatic heterocycles. The summed E-state index contributed by atoms with van der Waals surface area (Å²) in [6.07, 6.45) is 7.69. The van der Waals surface area contributed by atoms with E-state index in [4.69, 9.17) is 5.73 Å². The van der Waals surface area contributed by atoms with Crippen LogP contribution in [0.2, 0.25) is 0 Å². The lowest BCUT2D eigenvalue weighted by molar-refractivity contribution is 0.575. The second kappa shape index (κ2) is 4.42. The molecule has 1 aliphatic rings. The summed E-state index contributed by atoms with van der Waals surface area (Å²) in [5.74, 6) is 0. The van der Waals surface area contributed by atoms with E-state index in [9.17, 15) is 0 Å². The van der Waals surface area contributed by atoms with Crippen LogP contribution in [-0.2, 0) is 6.54 Å². The predicted octanol–water partition coefficient (Wildman–Crippen LogP) is 1.53. The molecular formula is C11H17N3. The van der Waals surface area contributed by atoms with Gasteiger partial charge in [-0.15, -0.1) is 0 Å². The largest absolute Gasteiger partial charge is 0.370 e. The fourth-order valence-electron chi connectivity index (χ4n) is 2.01. The van der Waals surface area contributed by atoms with E-state index < -0.39 is 0 Å². The first-order valence-electron chi connectivity index (χ1n) is 5.29. The van der Waals surface area contributed by atoms with Gasteiger partial charge in [0.2, 0.25) is 0 Å². The molecule has 0 aromatic carbocycles. The molecular weight excluding hydrogens is 174 g/mol. The van der Waals surface area contributed by atoms with Crippen LogP contribution in [0.3, 0.4) is 0 Å². The van der Waals surface area contributed by atoms with Gasteiger partial charge in [-0.3, -0.25) is 4.98 Å². The average molecular weight is 191 g/mol. The van der Waals surface area contributed by atoms with Crippen LogP contribution in [0.1, 0.15) is 24.8 Å². The minimum Gasteiger partial charge on any atom is -0.370 e. The van der Waals surface area contributed by atoms with E-state index in [2.05, 4.69) is 9.88 Å². The molecule has 0 spiro atoms. The molecule has 14 heavy (non-hydrogen) atoms. The Labute approximate surface area is 84.9 Å². The van der Waals surface area contributed by atoms with E-state index in [1.54, 1.807) is 0 Å². The lowest BCUT2D eigenvalue weighted by Crippen LogP contribution is -2.30. The molecule has 2 N–H and O–H groups in total. The van der Waals surface area contributed by atoms with Crippen LogP contribution in [0.15, 0.2) is 18.5 Å². The van der Waals surface area contributed by atoms with E-state index in [-0.39, 0.29) is 0 Å². The molecule has 1 saturated heterocycles. The highest BCUT2D eigenvalue weighted by atomic mass is 15.1. The number of nitrogens with two attached hydrogens (primary N) is 1. The normalized spacial score (nSPS) is 17.1. The zero-order valence-corrected chi connectivity index (χ0v) is 8.45. The zero-order chi connectivity index (χ0) is 9.80. The number of hydrogen-bond donors (Lipinski definition) is 1. The van der Waals surface area contributed by atoms with Crippen molar-refractivity contribution in [1.82, 2.24) is 4.98 Å². The monoisotopic (exact) mass is 191 g/mol. The van der Waals surface area contributed by atoms with Gasteiger partial charge in [-0.1, -0.05) is 0 Å². The van der Waals surface area contributed by atoms with Gasteiger partial charge in [0.05, 0.1) is 11.9 Å². The summed E-state index contributed by atoms with van der Waals surface area (Å²) < 4.78 is 0. The summed E-state index contributed by atoms with van der Waals surface area (Å²) >= 11 is 0. The molecule has 0 aliphatic carbocycles. The summed E-state index contributed by atoms with van der Waals surface area (Å²) in [6, 6.07) is 2.02. The van der Waals surface area contributed by atoms with Crippen LogP contribution in [0.25, 0.3) is 0 Å². The third-order valence-electron chi connectivity index (χ3n) is 2.80. The standard InChI is InChI=1S/C11H17N3/c12-8-10-4-5-13-9-11(10)14-6-2-1-3-7-14/h4-5,9H,1-3,6-8,12H2. The number of pyridine rings is 1. The van der Waals surface area contributed by atoms with E-state index in [1.807, 2.05) is 18.5 Å².